The number of fused-ring (bicyclic) bond motifs is 2. The molecule has 7 heteroatoms. The molecule has 0 bridgehead atoms. The van der Waals surface area contributed by atoms with E-state index in [0.29, 0.717) is 25.0 Å². The van der Waals surface area contributed by atoms with E-state index in [9.17, 15) is 9.59 Å². The number of rotatable bonds is 3. The lowest BCUT2D eigenvalue weighted by molar-refractivity contribution is -0.124. The van der Waals surface area contributed by atoms with Crippen molar-refractivity contribution < 1.29 is 9.59 Å². The molecule has 28 heavy (non-hydrogen) atoms. The van der Waals surface area contributed by atoms with Crippen molar-refractivity contribution in [2.45, 2.75) is 55.9 Å². The second-order valence-electron chi connectivity index (χ2n) is 8.39. The first-order chi connectivity index (χ1) is 13.7. The van der Waals surface area contributed by atoms with Gasteiger partial charge in [-0.05, 0) is 49.7 Å². The minimum atomic E-state index is -0.0992. The highest BCUT2D eigenvalue weighted by molar-refractivity contribution is 5.90. The molecule has 1 aliphatic heterocycles. The van der Waals surface area contributed by atoms with Gasteiger partial charge in [0.1, 0.15) is 6.33 Å². The molecule has 2 aliphatic carbocycles. The Kier molecular flexibility index (Phi) is 4.18. The molecule has 1 aromatic carbocycles. The number of aromatic amines is 1. The normalized spacial score (nSPS) is 23.3. The van der Waals surface area contributed by atoms with Gasteiger partial charge in [-0.1, -0.05) is 24.3 Å². The molecule has 1 atom stereocenters. The van der Waals surface area contributed by atoms with Gasteiger partial charge in [-0.3, -0.25) is 14.7 Å². The Morgan fingerprint density at radius 1 is 1.18 bits per heavy atom. The number of amides is 2. The van der Waals surface area contributed by atoms with Crippen LogP contribution in [-0.2, 0) is 10.2 Å². The maximum atomic E-state index is 13.0. The van der Waals surface area contributed by atoms with Crippen LogP contribution in [-0.4, -0.2) is 51.0 Å². The van der Waals surface area contributed by atoms with Crippen molar-refractivity contribution in [3.63, 3.8) is 0 Å². The van der Waals surface area contributed by atoms with Gasteiger partial charge in [0, 0.05) is 24.5 Å². The lowest BCUT2D eigenvalue weighted by atomic mass is 9.73. The zero-order valence-corrected chi connectivity index (χ0v) is 15.9. The third-order valence-corrected chi connectivity index (χ3v) is 6.90. The van der Waals surface area contributed by atoms with Crippen molar-refractivity contribution in [1.29, 1.82) is 0 Å². The van der Waals surface area contributed by atoms with Crippen LogP contribution in [0.15, 0.2) is 30.6 Å². The second-order valence-corrected chi connectivity index (χ2v) is 8.39. The minimum Gasteiger partial charge on any atom is -0.353 e. The van der Waals surface area contributed by atoms with Crippen LogP contribution in [0.2, 0.25) is 0 Å². The van der Waals surface area contributed by atoms with Crippen molar-refractivity contribution in [2.75, 3.05) is 13.1 Å². The van der Waals surface area contributed by atoms with Gasteiger partial charge in [-0.15, -0.1) is 0 Å². The van der Waals surface area contributed by atoms with Gasteiger partial charge >= 0.3 is 0 Å². The molecule has 2 heterocycles. The van der Waals surface area contributed by atoms with E-state index in [1.165, 1.54) is 23.9 Å². The van der Waals surface area contributed by atoms with Gasteiger partial charge in [-0.2, -0.15) is 5.10 Å². The molecule has 0 unspecified atom stereocenters. The molecular weight excluding hydrogens is 354 g/mol. The summed E-state index contributed by atoms with van der Waals surface area (Å²) in [6.45, 7) is 1.34. The molecule has 1 saturated heterocycles. The molecule has 2 amide bonds. The van der Waals surface area contributed by atoms with E-state index in [-0.39, 0.29) is 23.1 Å². The summed E-state index contributed by atoms with van der Waals surface area (Å²) in [5.41, 5.74) is 2.46. The SMILES string of the molecule is O=C(NC1CCC1)[C@H]1CC2(CCN(C(=O)c3ncn[nH]3)CC2)c2ccccc21. The van der Waals surface area contributed by atoms with Crippen LogP contribution in [0.5, 0.6) is 0 Å². The van der Waals surface area contributed by atoms with E-state index in [4.69, 9.17) is 0 Å². The number of nitrogens with zero attached hydrogens (tertiary/aromatic N) is 3. The fraction of sp³-hybridized carbons (Fsp3) is 0.524. The molecule has 0 radical (unpaired) electrons. The van der Waals surface area contributed by atoms with Crippen LogP contribution < -0.4 is 5.32 Å². The van der Waals surface area contributed by atoms with E-state index in [0.717, 1.165) is 32.1 Å². The Balaban J connectivity index is 1.34. The summed E-state index contributed by atoms with van der Waals surface area (Å²) >= 11 is 0. The molecular formula is C21H25N5O2. The molecule has 7 nitrogen and oxygen atoms in total. The average Bonchev–Trinajstić information content (AvgIpc) is 3.33. The fourth-order valence-electron chi connectivity index (χ4n) is 5.05. The molecule has 3 aliphatic rings. The highest BCUT2D eigenvalue weighted by Gasteiger charge is 2.48. The van der Waals surface area contributed by atoms with Gasteiger partial charge in [-0.25, -0.2) is 4.98 Å². The molecule has 1 aromatic heterocycles. The Hall–Kier alpha value is -2.70. The number of H-pyrrole nitrogens is 1. The van der Waals surface area contributed by atoms with E-state index in [1.54, 1.807) is 0 Å². The number of carbonyl (C=O) groups is 2. The van der Waals surface area contributed by atoms with Gasteiger partial charge in [0.2, 0.25) is 11.7 Å². The van der Waals surface area contributed by atoms with Gasteiger partial charge in [0.15, 0.2) is 0 Å². The van der Waals surface area contributed by atoms with Gasteiger partial charge in [0.05, 0.1) is 5.92 Å². The van der Waals surface area contributed by atoms with Crippen LogP contribution in [0.4, 0.5) is 0 Å². The zero-order chi connectivity index (χ0) is 19.1. The predicted octanol–water partition coefficient (Wildman–Crippen LogP) is 2.13. The fourth-order valence-corrected chi connectivity index (χ4v) is 5.05. The highest BCUT2D eigenvalue weighted by atomic mass is 16.2. The summed E-state index contributed by atoms with van der Waals surface area (Å²) in [6, 6.07) is 8.75. The maximum Gasteiger partial charge on any atom is 0.291 e. The third kappa shape index (κ3) is 2.80. The Bertz CT molecular complexity index is 882. The summed E-state index contributed by atoms with van der Waals surface area (Å²) in [4.78, 5) is 31.4. The number of likely N-dealkylation sites (tertiary alicyclic amines) is 1. The van der Waals surface area contributed by atoms with Crippen LogP contribution in [0.1, 0.15) is 66.2 Å². The summed E-state index contributed by atoms with van der Waals surface area (Å²) in [6.07, 6.45) is 7.36. The number of hydrogen-bond donors (Lipinski definition) is 2. The highest BCUT2D eigenvalue weighted by Crippen LogP contribution is 2.51. The maximum absolute atomic E-state index is 13.0. The smallest absolute Gasteiger partial charge is 0.291 e. The largest absolute Gasteiger partial charge is 0.353 e. The van der Waals surface area contributed by atoms with E-state index in [1.807, 2.05) is 11.0 Å². The number of carbonyl (C=O) groups excluding carboxylic acids is 2. The first-order valence-corrected chi connectivity index (χ1v) is 10.2. The average molecular weight is 379 g/mol. The van der Waals surface area contributed by atoms with E-state index in [2.05, 4.69) is 38.7 Å². The van der Waals surface area contributed by atoms with Crippen molar-refractivity contribution in [1.82, 2.24) is 25.4 Å². The predicted molar refractivity (Wildman–Crippen MR) is 103 cm³/mol. The molecule has 1 saturated carbocycles. The standard InChI is InChI=1S/C21H25N5O2/c27-19(24-14-4-3-5-14)16-12-21(17-7-2-1-6-15(16)17)8-10-26(11-9-21)20(28)18-22-13-23-25-18/h1-2,6-7,13-14,16H,3-5,8-12H2,(H,24,27)(H,22,23,25)/t16-/m0/s1. The number of benzene rings is 1. The van der Waals surface area contributed by atoms with Crippen LogP contribution in [0.25, 0.3) is 0 Å². The molecule has 2 N–H and O–H groups in total. The Morgan fingerprint density at radius 2 is 1.96 bits per heavy atom. The molecule has 146 valence electrons. The van der Waals surface area contributed by atoms with Crippen molar-refractivity contribution in [3.05, 3.63) is 47.5 Å². The number of hydrogen-bond acceptors (Lipinski definition) is 4. The minimum absolute atomic E-state index is 0.0175. The molecule has 1 spiro atoms. The van der Waals surface area contributed by atoms with Gasteiger partial charge in [0.25, 0.3) is 5.91 Å². The first kappa shape index (κ1) is 17.4. The zero-order valence-electron chi connectivity index (χ0n) is 15.9. The first-order valence-electron chi connectivity index (χ1n) is 10.2. The van der Waals surface area contributed by atoms with Crippen LogP contribution >= 0.6 is 0 Å². The van der Waals surface area contributed by atoms with Crippen molar-refractivity contribution in [3.8, 4) is 0 Å². The van der Waals surface area contributed by atoms with Crippen molar-refractivity contribution in [2.24, 2.45) is 0 Å². The summed E-state index contributed by atoms with van der Waals surface area (Å²) in [7, 11) is 0. The number of nitrogens with one attached hydrogen (secondary N) is 2. The van der Waals surface area contributed by atoms with Crippen LogP contribution in [0.3, 0.4) is 0 Å². The monoisotopic (exact) mass is 379 g/mol. The van der Waals surface area contributed by atoms with Crippen molar-refractivity contribution >= 4 is 11.8 Å². The second kappa shape index (κ2) is 6.72. The lowest BCUT2D eigenvalue weighted by Crippen LogP contribution is -2.45. The Labute approximate surface area is 163 Å². The van der Waals surface area contributed by atoms with Crippen LogP contribution in [0, 0.1) is 0 Å². The molecule has 2 fully saturated rings. The third-order valence-electron chi connectivity index (χ3n) is 6.90. The molecule has 2 aromatic rings. The quantitative estimate of drug-likeness (QED) is 0.855. The topological polar surface area (TPSA) is 91.0 Å². The lowest BCUT2D eigenvalue weighted by Gasteiger charge is -2.40. The molecule has 5 rings (SSSR count). The summed E-state index contributed by atoms with van der Waals surface area (Å²) < 4.78 is 0. The van der Waals surface area contributed by atoms with E-state index >= 15 is 0 Å². The van der Waals surface area contributed by atoms with Gasteiger partial charge < -0.3 is 10.2 Å². The summed E-state index contributed by atoms with van der Waals surface area (Å²) in [5.74, 6) is 0.293. The van der Waals surface area contributed by atoms with E-state index < -0.39 is 0 Å². The Morgan fingerprint density at radius 3 is 2.64 bits per heavy atom. The number of piperidine rings is 1. The number of aromatic nitrogens is 3. The summed E-state index contributed by atoms with van der Waals surface area (Å²) in [5, 5.41) is 9.68.